The van der Waals surface area contributed by atoms with Crippen molar-refractivity contribution in [3.05, 3.63) is 23.5 Å². The Morgan fingerprint density at radius 1 is 1.57 bits per heavy atom. The lowest BCUT2D eigenvalue weighted by atomic mass is 10.4. The molecule has 0 saturated heterocycles. The molecule has 78 valence electrons. The largest absolute Gasteiger partial charge is 0.383 e. The minimum atomic E-state index is -2.93. The van der Waals surface area contributed by atoms with E-state index >= 15 is 0 Å². The second-order valence-electron chi connectivity index (χ2n) is 2.91. The van der Waals surface area contributed by atoms with Gasteiger partial charge in [-0.05, 0) is 6.07 Å². The minimum Gasteiger partial charge on any atom is -0.383 e. The van der Waals surface area contributed by atoms with Gasteiger partial charge in [0.1, 0.15) is 9.84 Å². The van der Waals surface area contributed by atoms with Crippen LogP contribution in [0.2, 0.25) is 5.02 Å². The maximum absolute atomic E-state index is 10.8. The third-order valence-corrected chi connectivity index (χ3v) is 2.81. The molecular formula is C8H11ClN2O2S. The molecule has 0 saturated carbocycles. The van der Waals surface area contributed by atoms with Gasteiger partial charge in [0, 0.05) is 25.2 Å². The molecule has 1 aromatic rings. The van der Waals surface area contributed by atoms with Crippen LogP contribution in [0.1, 0.15) is 0 Å². The summed E-state index contributed by atoms with van der Waals surface area (Å²) in [7, 11) is -2.93. The minimum absolute atomic E-state index is 0.0889. The summed E-state index contributed by atoms with van der Waals surface area (Å²) < 4.78 is 21.6. The summed E-state index contributed by atoms with van der Waals surface area (Å²) in [6.07, 6.45) is 4.29. The monoisotopic (exact) mass is 234 g/mol. The van der Waals surface area contributed by atoms with Crippen LogP contribution in [-0.4, -0.2) is 32.0 Å². The highest BCUT2D eigenvalue weighted by Crippen LogP contribution is 2.18. The van der Waals surface area contributed by atoms with Crippen molar-refractivity contribution in [2.24, 2.45) is 0 Å². The smallest absolute Gasteiger partial charge is 0.149 e. The first-order valence-corrected chi connectivity index (χ1v) is 6.44. The number of hydrogen-bond donors (Lipinski definition) is 1. The van der Waals surface area contributed by atoms with Gasteiger partial charge in [0.15, 0.2) is 0 Å². The van der Waals surface area contributed by atoms with Crippen LogP contribution in [-0.2, 0) is 9.84 Å². The molecule has 0 unspecified atom stereocenters. The van der Waals surface area contributed by atoms with Gasteiger partial charge in [-0.15, -0.1) is 0 Å². The zero-order chi connectivity index (χ0) is 10.6. The zero-order valence-electron chi connectivity index (χ0n) is 7.70. The molecule has 1 N–H and O–H groups in total. The van der Waals surface area contributed by atoms with E-state index in [2.05, 4.69) is 10.3 Å². The molecule has 0 radical (unpaired) electrons. The SMILES string of the molecule is CS(=O)(=O)CCNc1ccncc1Cl. The standard InChI is InChI=1S/C8H11ClN2O2S/c1-14(12,13)5-4-11-8-2-3-10-6-7(8)9/h2-3,6H,4-5H2,1H3,(H,10,11). The van der Waals surface area contributed by atoms with Gasteiger partial charge in [-0.25, -0.2) is 8.42 Å². The van der Waals surface area contributed by atoms with Crippen molar-refractivity contribution < 1.29 is 8.42 Å². The highest BCUT2D eigenvalue weighted by atomic mass is 35.5. The van der Waals surface area contributed by atoms with E-state index in [-0.39, 0.29) is 5.75 Å². The predicted octanol–water partition coefficient (Wildman–Crippen LogP) is 1.19. The van der Waals surface area contributed by atoms with E-state index in [9.17, 15) is 8.42 Å². The fourth-order valence-electron chi connectivity index (χ4n) is 0.890. The number of anilines is 1. The van der Waals surface area contributed by atoms with Crippen molar-refractivity contribution >= 4 is 27.1 Å². The summed E-state index contributed by atoms with van der Waals surface area (Å²) in [5.74, 6) is 0.0889. The molecule has 0 atom stereocenters. The lowest BCUT2D eigenvalue weighted by molar-refractivity contribution is 0.602. The van der Waals surface area contributed by atoms with Crippen molar-refractivity contribution in [2.75, 3.05) is 23.9 Å². The Bertz CT molecular complexity index is 406. The molecule has 0 aromatic carbocycles. The van der Waals surface area contributed by atoms with Crippen molar-refractivity contribution in [1.82, 2.24) is 4.98 Å². The number of pyridine rings is 1. The fourth-order valence-corrected chi connectivity index (χ4v) is 1.55. The van der Waals surface area contributed by atoms with Gasteiger partial charge in [-0.2, -0.15) is 0 Å². The van der Waals surface area contributed by atoms with E-state index in [0.29, 0.717) is 17.3 Å². The lowest BCUT2D eigenvalue weighted by Crippen LogP contribution is -2.14. The molecule has 0 aliphatic carbocycles. The Morgan fingerprint density at radius 2 is 2.29 bits per heavy atom. The van der Waals surface area contributed by atoms with Gasteiger partial charge in [0.2, 0.25) is 0 Å². The molecule has 1 heterocycles. The highest BCUT2D eigenvalue weighted by Gasteiger charge is 2.02. The third kappa shape index (κ3) is 3.93. The molecular weight excluding hydrogens is 224 g/mol. The maximum atomic E-state index is 10.8. The van der Waals surface area contributed by atoms with Gasteiger partial charge in [-0.1, -0.05) is 11.6 Å². The molecule has 0 spiro atoms. The van der Waals surface area contributed by atoms with Crippen LogP contribution in [0.5, 0.6) is 0 Å². The van der Waals surface area contributed by atoms with E-state index in [1.807, 2.05) is 0 Å². The normalized spacial score (nSPS) is 11.3. The van der Waals surface area contributed by atoms with Crippen molar-refractivity contribution in [2.45, 2.75) is 0 Å². The fraction of sp³-hybridized carbons (Fsp3) is 0.375. The van der Waals surface area contributed by atoms with Gasteiger partial charge < -0.3 is 5.32 Å². The Balaban J connectivity index is 2.51. The van der Waals surface area contributed by atoms with Gasteiger partial charge in [0.25, 0.3) is 0 Å². The first-order valence-electron chi connectivity index (χ1n) is 4.00. The van der Waals surface area contributed by atoms with Crippen molar-refractivity contribution in [1.29, 1.82) is 0 Å². The van der Waals surface area contributed by atoms with Crippen LogP contribution in [0.3, 0.4) is 0 Å². The Hall–Kier alpha value is -0.810. The average molecular weight is 235 g/mol. The summed E-state index contributed by atoms with van der Waals surface area (Å²) in [5, 5.41) is 3.41. The average Bonchev–Trinajstić information content (AvgIpc) is 2.06. The van der Waals surface area contributed by atoms with Crippen LogP contribution in [0.25, 0.3) is 0 Å². The highest BCUT2D eigenvalue weighted by molar-refractivity contribution is 7.90. The van der Waals surface area contributed by atoms with E-state index in [1.165, 1.54) is 12.5 Å². The number of halogens is 1. The van der Waals surface area contributed by atoms with Crippen molar-refractivity contribution in [3.63, 3.8) is 0 Å². The van der Waals surface area contributed by atoms with Crippen molar-refractivity contribution in [3.8, 4) is 0 Å². The molecule has 14 heavy (non-hydrogen) atoms. The number of nitrogens with zero attached hydrogens (tertiary/aromatic N) is 1. The summed E-state index contributed by atoms with van der Waals surface area (Å²) in [4.78, 5) is 3.81. The third-order valence-electron chi connectivity index (χ3n) is 1.56. The van der Waals surface area contributed by atoms with Crippen LogP contribution in [0.4, 0.5) is 5.69 Å². The summed E-state index contributed by atoms with van der Waals surface area (Å²) in [6, 6.07) is 1.70. The maximum Gasteiger partial charge on any atom is 0.149 e. The van der Waals surface area contributed by atoms with Gasteiger partial charge in [-0.3, -0.25) is 4.98 Å². The molecule has 0 aliphatic heterocycles. The molecule has 4 nitrogen and oxygen atoms in total. The molecule has 0 aliphatic rings. The number of sulfone groups is 1. The van der Waals surface area contributed by atoms with Crippen LogP contribution >= 0.6 is 11.6 Å². The number of rotatable bonds is 4. The van der Waals surface area contributed by atoms with Gasteiger partial charge in [0.05, 0.1) is 16.5 Å². The molecule has 0 bridgehead atoms. The topological polar surface area (TPSA) is 59.1 Å². The molecule has 0 amide bonds. The quantitative estimate of drug-likeness (QED) is 0.850. The van der Waals surface area contributed by atoms with Crippen LogP contribution in [0.15, 0.2) is 18.5 Å². The second-order valence-corrected chi connectivity index (χ2v) is 5.58. The summed E-state index contributed by atoms with van der Waals surface area (Å²) >= 11 is 5.80. The first kappa shape index (κ1) is 11.3. The number of aromatic nitrogens is 1. The van der Waals surface area contributed by atoms with Gasteiger partial charge >= 0.3 is 0 Å². The first-order chi connectivity index (χ1) is 6.49. The lowest BCUT2D eigenvalue weighted by Gasteiger charge is -2.06. The molecule has 0 fully saturated rings. The predicted molar refractivity (Wildman–Crippen MR) is 57.4 cm³/mol. The zero-order valence-corrected chi connectivity index (χ0v) is 9.27. The van der Waals surface area contributed by atoms with Crippen LogP contribution in [0, 0.1) is 0 Å². The number of nitrogens with one attached hydrogen (secondary N) is 1. The Labute approximate surface area is 88.2 Å². The summed E-state index contributed by atoms with van der Waals surface area (Å²) in [6.45, 7) is 0.350. The van der Waals surface area contributed by atoms with E-state index in [1.54, 1.807) is 12.3 Å². The van der Waals surface area contributed by atoms with E-state index in [0.717, 1.165) is 0 Å². The van der Waals surface area contributed by atoms with E-state index < -0.39 is 9.84 Å². The van der Waals surface area contributed by atoms with Crippen LogP contribution < -0.4 is 5.32 Å². The Morgan fingerprint density at radius 3 is 2.86 bits per heavy atom. The summed E-state index contributed by atoms with van der Waals surface area (Å²) in [5.41, 5.74) is 0.699. The Kier molecular flexibility index (Phi) is 3.71. The van der Waals surface area contributed by atoms with E-state index in [4.69, 9.17) is 11.6 Å². The second kappa shape index (κ2) is 4.61. The number of hydrogen-bond acceptors (Lipinski definition) is 4. The molecule has 6 heteroatoms. The molecule has 1 aromatic heterocycles. The molecule has 1 rings (SSSR count).